The van der Waals surface area contributed by atoms with E-state index in [0.29, 0.717) is 24.0 Å². The Morgan fingerprint density at radius 2 is 1.92 bits per heavy atom. The van der Waals surface area contributed by atoms with Crippen molar-refractivity contribution in [2.45, 2.75) is 25.9 Å². The van der Waals surface area contributed by atoms with Crippen LogP contribution in [0.15, 0.2) is 42.5 Å². The van der Waals surface area contributed by atoms with E-state index in [0.717, 1.165) is 17.4 Å². The summed E-state index contributed by atoms with van der Waals surface area (Å²) in [5.41, 5.74) is 12.3. The first-order chi connectivity index (χ1) is 18.5. The van der Waals surface area contributed by atoms with Gasteiger partial charge in [-0.25, -0.2) is 8.42 Å². The second kappa shape index (κ2) is 13.5. The maximum absolute atomic E-state index is 13.3. The SMILES string of the molecule is CCOC(=O)CS(=O)(=O)N(CC=Cc1cccc(C(=N)N)c1)c1cc(Cl)c(OC2CCNCC2)c(C(N)=O)c1. The van der Waals surface area contributed by atoms with Gasteiger partial charge in [-0.3, -0.25) is 19.3 Å². The number of nitrogens with zero attached hydrogens (tertiary/aromatic N) is 1. The molecule has 1 fully saturated rings. The van der Waals surface area contributed by atoms with Crippen molar-refractivity contribution in [3.8, 4) is 5.75 Å². The molecule has 1 aliphatic rings. The molecule has 0 aliphatic carbocycles. The second-order valence-corrected chi connectivity index (χ2v) is 11.1. The van der Waals surface area contributed by atoms with E-state index in [4.69, 9.17) is 38.0 Å². The number of piperidine rings is 1. The molecule has 1 heterocycles. The molecule has 39 heavy (non-hydrogen) atoms. The highest BCUT2D eigenvalue weighted by Crippen LogP contribution is 2.36. The Balaban J connectivity index is 2.00. The highest BCUT2D eigenvalue weighted by atomic mass is 35.5. The van der Waals surface area contributed by atoms with Crippen molar-refractivity contribution in [2.24, 2.45) is 11.5 Å². The number of rotatable bonds is 12. The maximum Gasteiger partial charge on any atom is 0.323 e. The Bertz CT molecular complexity index is 1360. The molecule has 210 valence electrons. The molecule has 11 nitrogen and oxygen atoms in total. The molecule has 1 saturated heterocycles. The lowest BCUT2D eigenvalue weighted by molar-refractivity contribution is -0.139. The largest absolute Gasteiger partial charge is 0.488 e. The van der Waals surface area contributed by atoms with Crippen LogP contribution in [0.25, 0.3) is 6.08 Å². The van der Waals surface area contributed by atoms with Crippen molar-refractivity contribution in [1.29, 1.82) is 5.41 Å². The number of amides is 1. The molecule has 3 rings (SSSR count). The number of anilines is 1. The van der Waals surface area contributed by atoms with Crippen molar-refractivity contribution < 1.29 is 27.5 Å². The summed E-state index contributed by atoms with van der Waals surface area (Å²) in [6.45, 7) is 2.86. The van der Waals surface area contributed by atoms with Crippen molar-refractivity contribution in [3.63, 3.8) is 0 Å². The Morgan fingerprint density at radius 1 is 1.21 bits per heavy atom. The molecule has 0 aromatic heterocycles. The lowest BCUT2D eigenvalue weighted by Crippen LogP contribution is -2.37. The summed E-state index contributed by atoms with van der Waals surface area (Å²) < 4.78 is 38.5. The van der Waals surface area contributed by atoms with Crippen LogP contribution < -0.4 is 25.8 Å². The molecule has 0 unspecified atom stereocenters. The number of hydrogen-bond donors (Lipinski definition) is 4. The van der Waals surface area contributed by atoms with Gasteiger partial charge >= 0.3 is 5.97 Å². The van der Waals surface area contributed by atoms with Crippen LogP contribution in [-0.2, 0) is 19.6 Å². The monoisotopic (exact) mass is 577 g/mol. The van der Waals surface area contributed by atoms with Gasteiger partial charge < -0.3 is 26.3 Å². The summed E-state index contributed by atoms with van der Waals surface area (Å²) >= 11 is 6.51. The van der Waals surface area contributed by atoms with Crippen LogP contribution in [0.1, 0.15) is 41.3 Å². The van der Waals surface area contributed by atoms with Crippen LogP contribution in [0.2, 0.25) is 5.02 Å². The number of ether oxygens (including phenoxy) is 2. The van der Waals surface area contributed by atoms with E-state index < -0.39 is 27.7 Å². The van der Waals surface area contributed by atoms with E-state index in [1.807, 2.05) is 0 Å². The van der Waals surface area contributed by atoms with Gasteiger partial charge in [-0.05, 0) is 56.6 Å². The standard InChI is InChI=1S/C26H32ClN5O6S/c1-2-37-23(33)16-39(35,36)32(12-4-6-17-5-3-7-18(13-17)25(28)29)19-14-21(26(30)34)24(22(27)15-19)38-20-8-10-31-11-9-20/h3-7,13-15,20,31H,2,8-12,16H2,1H3,(H3,28,29)(H2,30,34). The zero-order chi connectivity index (χ0) is 28.6. The van der Waals surface area contributed by atoms with Gasteiger partial charge in [0.05, 0.1) is 29.4 Å². The Labute approximate surface area is 232 Å². The fourth-order valence-corrected chi connectivity index (χ4v) is 5.54. The van der Waals surface area contributed by atoms with Crippen molar-refractivity contribution in [1.82, 2.24) is 5.32 Å². The molecule has 2 aromatic carbocycles. The summed E-state index contributed by atoms with van der Waals surface area (Å²) in [5, 5.41) is 10.8. The van der Waals surface area contributed by atoms with Crippen molar-refractivity contribution >= 4 is 51.1 Å². The summed E-state index contributed by atoms with van der Waals surface area (Å²) in [4.78, 5) is 24.5. The molecule has 0 atom stereocenters. The van der Waals surface area contributed by atoms with Crippen LogP contribution in [0.3, 0.4) is 0 Å². The highest BCUT2D eigenvalue weighted by molar-refractivity contribution is 7.93. The number of esters is 1. The molecule has 2 aromatic rings. The van der Waals surface area contributed by atoms with E-state index in [2.05, 4.69) is 5.32 Å². The number of carbonyl (C=O) groups excluding carboxylic acids is 2. The number of amidine groups is 1. The van der Waals surface area contributed by atoms with Gasteiger partial charge in [0.25, 0.3) is 5.91 Å². The third kappa shape index (κ3) is 8.19. The minimum absolute atomic E-state index is 0.00862. The van der Waals surface area contributed by atoms with E-state index in [9.17, 15) is 18.0 Å². The van der Waals surface area contributed by atoms with Crippen LogP contribution in [0.4, 0.5) is 5.69 Å². The smallest absolute Gasteiger partial charge is 0.323 e. The van der Waals surface area contributed by atoms with Crippen LogP contribution in [0, 0.1) is 5.41 Å². The predicted octanol–water partition coefficient (Wildman–Crippen LogP) is 2.27. The minimum atomic E-state index is -4.28. The average Bonchev–Trinajstić information content (AvgIpc) is 2.88. The topological polar surface area (TPSA) is 178 Å². The van der Waals surface area contributed by atoms with Gasteiger partial charge in [-0.2, -0.15) is 0 Å². The Hall–Kier alpha value is -3.61. The molecule has 0 spiro atoms. The van der Waals surface area contributed by atoms with E-state index in [1.165, 1.54) is 12.1 Å². The third-order valence-electron chi connectivity index (χ3n) is 5.87. The fraction of sp³-hybridized carbons (Fsp3) is 0.346. The van der Waals surface area contributed by atoms with Crippen LogP contribution in [0.5, 0.6) is 5.75 Å². The minimum Gasteiger partial charge on any atom is -0.488 e. The zero-order valence-corrected chi connectivity index (χ0v) is 23.1. The average molecular weight is 578 g/mol. The van der Waals surface area contributed by atoms with Gasteiger partial charge in [0.15, 0.2) is 11.5 Å². The summed E-state index contributed by atoms with van der Waals surface area (Å²) in [7, 11) is -4.28. The molecular formula is C26H32ClN5O6S. The maximum atomic E-state index is 13.3. The summed E-state index contributed by atoms with van der Waals surface area (Å²) in [5.74, 6) is -2.72. The van der Waals surface area contributed by atoms with Gasteiger partial charge in [-0.1, -0.05) is 42.0 Å². The van der Waals surface area contributed by atoms with E-state index in [-0.39, 0.29) is 47.1 Å². The second-order valence-electron chi connectivity index (χ2n) is 8.77. The molecule has 13 heteroatoms. The number of nitrogen functional groups attached to an aromatic ring is 1. The van der Waals surface area contributed by atoms with E-state index >= 15 is 0 Å². The lowest BCUT2D eigenvalue weighted by Gasteiger charge is -2.27. The fourth-order valence-electron chi connectivity index (χ4n) is 4.01. The quantitative estimate of drug-likeness (QED) is 0.168. The summed E-state index contributed by atoms with van der Waals surface area (Å²) in [6.07, 6.45) is 4.41. The number of hydrogen-bond acceptors (Lipinski definition) is 8. The molecule has 0 radical (unpaired) electrons. The molecular weight excluding hydrogens is 546 g/mol. The molecule has 0 bridgehead atoms. The molecule has 1 amide bonds. The normalized spacial score (nSPS) is 14.2. The lowest BCUT2D eigenvalue weighted by atomic mass is 10.1. The third-order valence-corrected chi connectivity index (χ3v) is 7.79. The molecule has 0 saturated carbocycles. The first-order valence-electron chi connectivity index (χ1n) is 12.3. The number of nitrogens with two attached hydrogens (primary N) is 2. The van der Waals surface area contributed by atoms with Crippen molar-refractivity contribution in [2.75, 3.05) is 36.3 Å². The number of nitrogens with one attached hydrogen (secondary N) is 2. The van der Waals surface area contributed by atoms with Gasteiger partial charge in [-0.15, -0.1) is 0 Å². The number of carbonyl (C=O) groups is 2. The Morgan fingerprint density at radius 3 is 2.56 bits per heavy atom. The number of benzene rings is 2. The van der Waals surface area contributed by atoms with Crippen LogP contribution in [-0.4, -0.2) is 64.2 Å². The predicted molar refractivity (Wildman–Crippen MR) is 151 cm³/mol. The number of sulfonamides is 1. The first kappa shape index (κ1) is 29.9. The highest BCUT2D eigenvalue weighted by Gasteiger charge is 2.29. The Kier molecular flexibility index (Phi) is 10.3. The van der Waals surface area contributed by atoms with Crippen LogP contribution >= 0.6 is 11.6 Å². The zero-order valence-electron chi connectivity index (χ0n) is 21.5. The van der Waals surface area contributed by atoms with Crippen molar-refractivity contribution in [3.05, 3.63) is 64.2 Å². The van der Waals surface area contributed by atoms with E-state index in [1.54, 1.807) is 43.3 Å². The molecule has 1 aliphatic heterocycles. The summed E-state index contributed by atoms with van der Waals surface area (Å²) in [6, 6.07) is 9.47. The van der Waals surface area contributed by atoms with Gasteiger partial charge in [0.2, 0.25) is 10.0 Å². The van der Waals surface area contributed by atoms with Gasteiger partial charge in [0, 0.05) is 5.56 Å². The number of primary amides is 1. The number of halogens is 1. The van der Waals surface area contributed by atoms with Gasteiger partial charge in [0.1, 0.15) is 11.9 Å². The molecule has 6 N–H and O–H groups in total. The first-order valence-corrected chi connectivity index (χ1v) is 14.3.